The van der Waals surface area contributed by atoms with Crippen LogP contribution in [0.4, 0.5) is 5.82 Å². The van der Waals surface area contributed by atoms with Gasteiger partial charge in [0, 0.05) is 34.2 Å². The molecule has 0 unspecified atom stereocenters. The van der Waals surface area contributed by atoms with E-state index in [4.69, 9.17) is 5.11 Å². The Morgan fingerprint density at radius 1 is 1.50 bits per heavy atom. The second kappa shape index (κ2) is 5.45. The average Bonchev–Trinajstić information content (AvgIpc) is 2.74. The summed E-state index contributed by atoms with van der Waals surface area (Å²) in [5, 5.41) is 11.0. The number of carboxylic acid groups (broad SMARTS) is 1. The summed E-state index contributed by atoms with van der Waals surface area (Å²) in [6.07, 6.45) is 2.87. The standard InChI is InChI=1S/C11H10BrN3O2S/c1-15(5-8-4-7(12)6-18-8)10-9(11(16)17)13-2-3-14-10/h2-4,6H,5H2,1H3,(H,16,17). The number of hydrogen-bond acceptors (Lipinski definition) is 5. The van der Waals surface area contributed by atoms with Crippen molar-refractivity contribution < 1.29 is 9.90 Å². The zero-order chi connectivity index (χ0) is 13.1. The molecule has 0 bridgehead atoms. The van der Waals surface area contributed by atoms with Gasteiger partial charge in [-0.3, -0.25) is 0 Å². The smallest absolute Gasteiger partial charge is 0.358 e. The van der Waals surface area contributed by atoms with Gasteiger partial charge in [0.15, 0.2) is 11.5 Å². The Morgan fingerprint density at radius 2 is 2.22 bits per heavy atom. The molecule has 7 heteroatoms. The van der Waals surface area contributed by atoms with Gasteiger partial charge in [0.2, 0.25) is 0 Å². The van der Waals surface area contributed by atoms with E-state index in [1.807, 2.05) is 11.4 Å². The molecule has 2 rings (SSSR count). The summed E-state index contributed by atoms with van der Waals surface area (Å²) in [6.45, 7) is 0.592. The van der Waals surface area contributed by atoms with Gasteiger partial charge in [-0.15, -0.1) is 11.3 Å². The molecule has 0 aliphatic heterocycles. The molecule has 0 aliphatic carbocycles. The van der Waals surface area contributed by atoms with Gasteiger partial charge in [-0.05, 0) is 22.0 Å². The lowest BCUT2D eigenvalue weighted by Gasteiger charge is -2.18. The third kappa shape index (κ3) is 2.85. The number of nitrogens with zero attached hydrogens (tertiary/aromatic N) is 3. The van der Waals surface area contributed by atoms with Crippen LogP contribution in [-0.4, -0.2) is 28.1 Å². The lowest BCUT2D eigenvalue weighted by atomic mass is 10.3. The minimum Gasteiger partial charge on any atom is -0.476 e. The number of thiophene rings is 1. The Kier molecular flexibility index (Phi) is 3.93. The summed E-state index contributed by atoms with van der Waals surface area (Å²) in [7, 11) is 1.80. The second-order valence-corrected chi connectivity index (χ2v) is 5.53. The maximum absolute atomic E-state index is 11.0. The maximum Gasteiger partial charge on any atom is 0.358 e. The predicted molar refractivity (Wildman–Crippen MR) is 73.1 cm³/mol. The molecule has 0 fully saturated rings. The highest BCUT2D eigenvalue weighted by Crippen LogP contribution is 2.23. The molecule has 2 aromatic heterocycles. The molecule has 0 atom stereocenters. The van der Waals surface area contributed by atoms with E-state index in [0.29, 0.717) is 12.4 Å². The molecule has 0 aliphatic rings. The highest BCUT2D eigenvalue weighted by molar-refractivity contribution is 9.10. The van der Waals surface area contributed by atoms with Crippen molar-refractivity contribution in [2.75, 3.05) is 11.9 Å². The zero-order valence-corrected chi connectivity index (χ0v) is 11.9. The molecular weight excluding hydrogens is 318 g/mol. The first-order valence-corrected chi connectivity index (χ1v) is 6.73. The number of anilines is 1. The summed E-state index contributed by atoms with van der Waals surface area (Å²) in [5.74, 6) is -0.702. The van der Waals surface area contributed by atoms with Gasteiger partial charge in [-0.1, -0.05) is 0 Å². The quantitative estimate of drug-likeness (QED) is 0.935. The normalized spacial score (nSPS) is 10.3. The van der Waals surface area contributed by atoms with Crippen LogP contribution in [0.5, 0.6) is 0 Å². The SMILES string of the molecule is CN(Cc1cc(Br)cs1)c1nccnc1C(=O)O. The van der Waals surface area contributed by atoms with E-state index in [1.165, 1.54) is 12.4 Å². The van der Waals surface area contributed by atoms with Gasteiger partial charge in [0.25, 0.3) is 0 Å². The first-order chi connectivity index (χ1) is 8.58. The summed E-state index contributed by atoms with van der Waals surface area (Å²) in [4.78, 5) is 21.9. The maximum atomic E-state index is 11.0. The number of hydrogen-bond donors (Lipinski definition) is 1. The van der Waals surface area contributed by atoms with Crippen molar-refractivity contribution in [3.63, 3.8) is 0 Å². The number of aromatic nitrogens is 2. The van der Waals surface area contributed by atoms with Gasteiger partial charge in [-0.2, -0.15) is 0 Å². The third-order valence-electron chi connectivity index (χ3n) is 2.26. The van der Waals surface area contributed by atoms with E-state index in [-0.39, 0.29) is 5.69 Å². The van der Waals surface area contributed by atoms with Crippen LogP contribution < -0.4 is 4.90 Å². The summed E-state index contributed by atoms with van der Waals surface area (Å²) in [5.41, 5.74) is -0.0318. The van der Waals surface area contributed by atoms with Crippen molar-refractivity contribution in [3.05, 3.63) is 38.9 Å². The lowest BCUT2D eigenvalue weighted by molar-refractivity contribution is 0.0690. The molecule has 0 amide bonds. The van der Waals surface area contributed by atoms with Crippen molar-refractivity contribution in [2.24, 2.45) is 0 Å². The summed E-state index contributed by atoms with van der Waals surface area (Å²) < 4.78 is 1.02. The van der Waals surface area contributed by atoms with E-state index in [1.54, 1.807) is 23.3 Å². The first kappa shape index (κ1) is 13.0. The molecule has 0 aromatic carbocycles. The van der Waals surface area contributed by atoms with Gasteiger partial charge in [0.05, 0.1) is 6.54 Å². The van der Waals surface area contributed by atoms with Crippen LogP contribution in [0.2, 0.25) is 0 Å². The van der Waals surface area contributed by atoms with Crippen LogP contribution in [0.15, 0.2) is 28.3 Å². The van der Waals surface area contributed by atoms with Crippen molar-refractivity contribution >= 4 is 39.1 Å². The monoisotopic (exact) mass is 327 g/mol. The Labute approximate surface area is 116 Å². The van der Waals surface area contributed by atoms with Gasteiger partial charge in [0.1, 0.15) is 0 Å². The van der Waals surface area contributed by atoms with Gasteiger partial charge >= 0.3 is 5.97 Å². The molecule has 2 aromatic rings. The topological polar surface area (TPSA) is 66.3 Å². The predicted octanol–water partition coefficient (Wildman–Crippen LogP) is 2.64. The molecule has 2 heterocycles. The number of rotatable bonds is 4. The fraction of sp³-hybridized carbons (Fsp3) is 0.182. The highest BCUT2D eigenvalue weighted by Gasteiger charge is 2.16. The third-order valence-corrected chi connectivity index (χ3v) is 3.94. The minimum absolute atomic E-state index is 0.0318. The van der Waals surface area contributed by atoms with E-state index in [0.717, 1.165) is 9.35 Å². The number of halogens is 1. The second-order valence-electron chi connectivity index (χ2n) is 3.62. The average molecular weight is 328 g/mol. The molecule has 0 saturated carbocycles. The van der Waals surface area contributed by atoms with Crippen LogP contribution in [0.25, 0.3) is 0 Å². The summed E-state index contributed by atoms with van der Waals surface area (Å²) >= 11 is 4.99. The van der Waals surface area contributed by atoms with E-state index in [2.05, 4.69) is 25.9 Å². The van der Waals surface area contributed by atoms with Crippen molar-refractivity contribution in [2.45, 2.75) is 6.54 Å². The first-order valence-electron chi connectivity index (χ1n) is 5.06. The molecule has 0 saturated heterocycles. The van der Waals surface area contributed by atoms with Gasteiger partial charge in [-0.25, -0.2) is 14.8 Å². The summed E-state index contributed by atoms with van der Waals surface area (Å²) in [6, 6.07) is 2.00. The Balaban J connectivity index is 2.23. The van der Waals surface area contributed by atoms with Crippen LogP contribution in [-0.2, 0) is 6.54 Å². The van der Waals surface area contributed by atoms with Crippen LogP contribution in [0.1, 0.15) is 15.4 Å². The Morgan fingerprint density at radius 3 is 2.83 bits per heavy atom. The molecule has 94 valence electrons. The van der Waals surface area contributed by atoms with E-state index < -0.39 is 5.97 Å². The fourth-order valence-corrected chi connectivity index (χ4v) is 3.01. The molecular formula is C11H10BrN3O2S. The van der Waals surface area contributed by atoms with E-state index in [9.17, 15) is 4.79 Å². The molecule has 1 N–H and O–H groups in total. The highest BCUT2D eigenvalue weighted by atomic mass is 79.9. The minimum atomic E-state index is -1.07. The van der Waals surface area contributed by atoms with Crippen molar-refractivity contribution in [1.29, 1.82) is 0 Å². The molecule has 5 nitrogen and oxygen atoms in total. The Hall–Kier alpha value is -1.47. The zero-order valence-electron chi connectivity index (χ0n) is 9.50. The number of carbonyl (C=O) groups is 1. The number of aromatic carboxylic acids is 1. The molecule has 0 radical (unpaired) electrons. The van der Waals surface area contributed by atoms with Crippen LogP contribution in [0.3, 0.4) is 0 Å². The van der Waals surface area contributed by atoms with Crippen LogP contribution in [0, 0.1) is 0 Å². The lowest BCUT2D eigenvalue weighted by Crippen LogP contribution is -2.21. The fourth-order valence-electron chi connectivity index (χ4n) is 1.51. The largest absolute Gasteiger partial charge is 0.476 e. The van der Waals surface area contributed by atoms with Crippen molar-refractivity contribution in [3.8, 4) is 0 Å². The number of carboxylic acids is 1. The molecule has 0 spiro atoms. The van der Waals surface area contributed by atoms with Crippen molar-refractivity contribution in [1.82, 2.24) is 9.97 Å². The molecule has 18 heavy (non-hydrogen) atoms. The Bertz CT molecular complexity index is 573. The van der Waals surface area contributed by atoms with Crippen LogP contribution >= 0.6 is 27.3 Å². The van der Waals surface area contributed by atoms with Gasteiger partial charge < -0.3 is 10.0 Å². The van der Waals surface area contributed by atoms with E-state index >= 15 is 0 Å².